The predicted molar refractivity (Wildman–Crippen MR) is 106 cm³/mol. The van der Waals surface area contributed by atoms with Gasteiger partial charge in [0.15, 0.2) is 5.11 Å². The number of thiocarbonyl (C=S) groups is 1. The number of hydrogen-bond acceptors (Lipinski definition) is 4. The number of nitrogens with one attached hydrogen (secondary N) is 1. The summed E-state index contributed by atoms with van der Waals surface area (Å²) in [6.07, 6.45) is 5.80. The third-order valence-corrected chi connectivity index (χ3v) is 6.34. The highest BCUT2D eigenvalue weighted by atomic mass is 32.2. The Labute approximate surface area is 159 Å². The third-order valence-electron chi connectivity index (χ3n) is 4.19. The molecule has 1 fully saturated rings. The number of sulfonamides is 1. The molecule has 0 atom stereocenters. The van der Waals surface area contributed by atoms with Crippen molar-refractivity contribution >= 4 is 33.0 Å². The van der Waals surface area contributed by atoms with Gasteiger partial charge in [-0.05, 0) is 54.9 Å². The van der Waals surface area contributed by atoms with E-state index in [1.807, 2.05) is 24.4 Å². The fourth-order valence-electron chi connectivity index (χ4n) is 2.58. The Morgan fingerprint density at radius 3 is 2.65 bits per heavy atom. The highest BCUT2D eigenvalue weighted by Crippen LogP contribution is 2.29. The molecule has 0 saturated heterocycles. The summed E-state index contributed by atoms with van der Waals surface area (Å²) < 4.78 is 25.8. The Kier molecular flexibility index (Phi) is 5.55. The second kappa shape index (κ2) is 7.69. The lowest BCUT2D eigenvalue weighted by atomic mass is 10.2. The summed E-state index contributed by atoms with van der Waals surface area (Å²) in [5.74, 6) is 0. The van der Waals surface area contributed by atoms with Crippen molar-refractivity contribution in [2.75, 3.05) is 19.4 Å². The van der Waals surface area contributed by atoms with Crippen LogP contribution in [0, 0.1) is 0 Å². The van der Waals surface area contributed by atoms with Gasteiger partial charge in [-0.2, -0.15) is 0 Å². The number of benzene rings is 1. The fraction of sp³-hybridized carbons (Fsp3) is 0.333. The van der Waals surface area contributed by atoms with Crippen molar-refractivity contribution in [3.05, 3.63) is 54.4 Å². The Bertz CT molecular complexity index is 881. The van der Waals surface area contributed by atoms with Gasteiger partial charge in [-0.1, -0.05) is 12.1 Å². The van der Waals surface area contributed by atoms with Gasteiger partial charge in [0.25, 0.3) is 0 Å². The van der Waals surface area contributed by atoms with Crippen LogP contribution in [0.2, 0.25) is 0 Å². The highest BCUT2D eigenvalue weighted by molar-refractivity contribution is 7.89. The van der Waals surface area contributed by atoms with Crippen molar-refractivity contribution in [3.8, 4) is 0 Å². The largest absolute Gasteiger partial charge is 0.342 e. The van der Waals surface area contributed by atoms with Crippen LogP contribution in [-0.2, 0) is 16.6 Å². The van der Waals surface area contributed by atoms with E-state index in [0.29, 0.717) is 23.4 Å². The zero-order valence-corrected chi connectivity index (χ0v) is 16.4. The average Bonchev–Trinajstić information content (AvgIpc) is 3.45. The predicted octanol–water partition coefficient (Wildman–Crippen LogP) is 2.69. The summed E-state index contributed by atoms with van der Waals surface area (Å²) in [5, 5.41) is 3.78. The molecule has 0 amide bonds. The molecule has 1 N–H and O–H groups in total. The van der Waals surface area contributed by atoms with Crippen LogP contribution in [0.5, 0.6) is 0 Å². The third kappa shape index (κ3) is 4.38. The van der Waals surface area contributed by atoms with Crippen molar-refractivity contribution in [1.29, 1.82) is 0 Å². The van der Waals surface area contributed by atoms with Crippen molar-refractivity contribution in [2.45, 2.75) is 30.3 Å². The van der Waals surface area contributed by atoms with E-state index in [0.717, 1.165) is 18.4 Å². The van der Waals surface area contributed by atoms with Crippen molar-refractivity contribution in [2.24, 2.45) is 0 Å². The van der Waals surface area contributed by atoms with Crippen molar-refractivity contribution < 1.29 is 8.42 Å². The second-order valence-electron chi connectivity index (χ2n) is 6.47. The number of aromatic nitrogens is 1. The summed E-state index contributed by atoms with van der Waals surface area (Å²) in [5.41, 5.74) is 1.75. The molecule has 0 unspecified atom stereocenters. The monoisotopic (exact) mass is 390 g/mol. The maximum atomic E-state index is 12.3. The molecule has 1 heterocycles. The lowest BCUT2D eigenvalue weighted by Crippen LogP contribution is -2.36. The Balaban J connectivity index is 1.76. The summed E-state index contributed by atoms with van der Waals surface area (Å²) in [7, 11) is -0.446. The summed E-state index contributed by atoms with van der Waals surface area (Å²) in [6, 6.07) is 11.1. The van der Waals surface area contributed by atoms with Crippen LogP contribution < -0.4 is 5.32 Å². The maximum absolute atomic E-state index is 12.3. The van der Waals surface area contributed by atoms with Crippen LogP contribution in [0.1, 0.15) is 18.4 Å². The van der Waals surface area contributed by atoms with E-state index in [1.165, 1.54) is 18.4 Å². The van der Waals surface area contributed by atoms with Crippen LogP contribution in [0.3, 0.4) is 0 Å². The van der Waals surface area contributed by atoms with E-state index >= 15 is 0 Å². The first kappa shape index (κ1) is 18.8. The van der Waals surface area contributed by atoms with E-state index in [1.54, 1.807) is 24.4 Å². The number of nitrogens with zero attached hydrogens (tertiary/aromatic N) is 3. The molecule has 2 aromatic rings. The smallest absolute Gasteiger partial charge is 0.242 e. The Morgan fingerprint density at radius 2 is 2.04 bits per heavy atom. The summed E-state index contributed by atoms with van der Waals surface area (Å²) >= 11 is 5.60. The van der Waals surface area contributed by atoms with Crippen LogP contribution >= 0.6 is 12.2 Å². The molecular weight excluding hydrogens is 368 g/mol. The van der Waals surface area contributed by atoms with Gasteiger partial charge in [-0.15, -0.1) is 0 Å². The van der Waals surface area contributed by atoms with E-state index in [4.69, 9.17) is 12.2 Å². The molecule has 0 aliphatic heterocycles. The summed E-state index contributed by atoms with van der Waals surface area (Å²) in [6.45, 7) is 0.681. The molecular formula is C18H22N4O2S2. The van der Waals surface area contributed by atoms with E-state index in [2.05, 4.69) is 15.2 Å². The molecule has 26 heavy (non-hydrogen) atoms. The van der Waals surface area contributed by atoms with E-state index in [9.17, 15) is 8.42 Å². The average molecular weight is 391 g/mol. The lowest BCUT2D eigenvalue weighted by molar-refractivity contribution is 0.409. The molecule has 0 bridgehead atoms. The second-order valence-corrected chi connectivity index (χ2v) is 9.00. The highest BCUT2D eigenvalue weighted by Gasteiger charge is 2.31. The molecule has 0 radical (unpaired) electrons. The minimum absolute atomic E-state index is 0.237. The SMILES string of the molecule is CN(C)S(=O)(=O)c1cccc(NC(=S)N(Cc2cccnc2)C2CC2)c1. The van der Waals surface area contributed by atoms with Crippen LogP contribution in [-0.4, -0.2) is 47.9 Å². The van der Waals surface area contributed by atoms with Gasteiger partial charge in [0.2, 0.25) is 10.0 Å². The molecule has 1 aliphatic rings. The number of pyridine rings is 1. The fourth-order valence-corrected chi connectivity index (χ4v) is 3.86. The Hall–Kier alpha value is -2.03. The minimum Gasteiger partial charge on any atom is -0.342 e. The minimum atomic E-state index is -3.48. The van der Waals surface area contributed by atoms with Gasteiger partial charge >= 0.3 is 0 Å². The number of anilines is 1. The zero-order chi connectivity index (χ0) is 18.7. The van der Waals surface area contributed by atoms with Crippen LogP contribution in [0.25, 0.3) is 0 Å². The standard InChI is InChI=1S/C18H22N4O2S2/c1-21(2)26(23,24)17-7-3-6-15(11-17)20-18(25)22(16-8-9-16)13-14-5-4-10-19-12-14/h3-7,10-12,16H,8-9,13H2,1-2H3,(H,20,25). The first-order chi connectivity index (χ1) is 12.4. The van der Waals surface area contributed by atoms with E-state index in [-0.39, 0.29) is 4.90 Å². The molecule has 6 nitrogen and oxygen atoms in total. The lowest BCUT2D eigenvalue weighted by Gasteiger charge is -2.26. The first-order valence-corrected chi connectivity index (χ1v) is 10.2. The molecule has 1 aliphatic carbocycles. The van der Waals surface area contributed by atoms with Crippen molar-refractivity contribution in [1.82, 2.24) is 14.2 Å². The van der Waals surface area contributed by atoms with Gasteiger partial charge in [0.05, 0.1) is 4.90 Å². The molecule has 0 spiro atoms. The molecule has 138 valence electrons. The maximum Gasteiger partial charge on any atom is 0.242 e. The molecule has 3 rings (SSSR count). The topological polar surface area (TPSA) is 65.5 Å². The normalized spacial score (nSPS) is 14.3. The number of rotatable bonds is 6. The number of hydrogen-bond donors (Lipinski definition) is 1. The van der Waals surface area contributed by atoms with Gasteiger partial charge in [0.1, 0.15) is 0 Å². The molecule has 1 aromatic carbocycles. The summed E-state index contributed by atoms with van der Waals surface area (Å²) in [4.78, 5) is 6.53. The molecule has 1 aromatic heterocycles. The van der Waals surface area contributed by atoms with Gasteiger partial charge in [0, 0.05) is 44.8 Å². The van der Waals surface area contributed by atoms with Crippen LogP contribution in [0.4, 0.5) is 5.69 Å². The van der Waals surface area contributed by atoms with Gasteiger partial charge in [-0.25, -0.2) is 12.7 Å². The quantitative estimate of drug-likeness (QED) is 0.765. The van der Waals surface area contributed by atoms with Gasteiger partial charge < -0.3 is 10.2 Å². The van der Waals surface area contributed by atoms with Crippen molar-refractivity contribution in [3.63, 3.8) is 0 Å². The van der Waals surface area contributed by atoms with Crippen LogP contribution in [0.15, 0.2) is 53.7 Å². The first-order valence-electron chi connectivity index (χ1n) is 8.37. The zero-order valence-electron chi connectivity index (χ0n) is 14.8. The molecule has 1 saturated carbocycles. The molecule has 8 heteroatoms. The van der Waals surface area contributed by atoms with Gasteiger partial charge in [-0.3, -0.25) is 4.98 Å². The Morgan fingerprint density at radius 1 is 1.27 bits per heavy atom. The van der Waals surface area contributed by atoms with E-state index < -0.39 is 10.0 Å².